The Bertz CT molecular complexity index is 1750. The molecule has 0 spiro atoms. The number of carbonyl (C=O) groups excluding carboxylic acids is 1. The van der Waals surface area contributed by atoms with Gasteiger partial charge >= 0.3 is 0 Å². The fraction of sp³-hybridized carbons (Fsp3) is 0.111. The van der Waals surface area contributed by atoms with Crippen LogP contribution in [0, 0.1) is 5.92 Å². The molecular formula is C27H20N8O. The minimum Gasteiger partial charge on any atom is -0.353 e. The second-order valence-corrected chi connectivity index (χ2v) is 8.93. The van der Waals surface area contributed by atoms with Gasteiger partial charge in [0.15, 0.2) is 0 Å². The maximum atomic E-state index is 12.2. The lowest BCUT2D eigenvalue weighted by atomic mass is 10.1. The Morgan fingerprint density at radius 1 is 0.861 bits per heavy atom. The summed E-state index contributed by atoms with van der Waals surface area (Å²) in [6.45, 7) is 0. The van der Waals surface area contributed by atoms with E-state index in [1.54, 1.807) is 31.0 Å². The molecule has 0 saturated heterocycles. The largest absolute Gasteiger partial charge is 0.353 e. The molecule has 9 heteroatoms. The summed E-state index contributed by atoms with van der Waals surface area (Å²) in [5.74, 6) is 0.175. The highest BCUT2D eigenvalue weighted by Crippen LogP contribution is 2.34. The molecule has 0 radical (unpaired) electrons. The van der Waals surface area contributed by atoms with Gasteiger partial charge in [-0.05, 0) is 49.2 Å². The van der Waals surface area contributed by atoms with E-state index in [0.717, 1.165) is 68.7 Å². The number of aromatic amines is 2. The fourth-order valence-electron chi connectivity index (χ4n) is 4.41. The van der Waals surface area contributed by atoms with Crippen molar-refractivity contribution in [2.45, 2.75) is 12.8 Å². The third-order valence-electron chi connectivity index (χ3n) is 6.41. The molecule has 1 fully saturated rings. The predicted molar refractivity (Wildman–Crippen MR) is 137 cm³/mol. The first-order valence-electron chi connectivity index (χ1n) is 11.7. The Kier molecular flexibility index (Phi) is 4.60. The van der Waals surface area contributed by atoms with E-state index in [2.05, 4.69) is 46.5 Å². The van der Waals surface area contributed by atoms with Crippen LogP contribution < -0.4 is 5.32 Å². The number of fused-ring (bicyclic) bond motifs is 2. The van der Waals surface area contributed by atoms with Crippen molar-refractivity contribution in [1.29, 1.82) is 0 Å². The van der Waals surface area contributed by atoms with Crippen molar-refractivity contribution in [2.24, 2.45) is 5.92 Å². The van der Waals surface area contributed by atoms with Gasteiger partial charge < -0.3 is 10.3 Å². The summed E-state index contributed by atoms with van der Waals surface area (Å²) in [7, 11) is 0. The lowest BCUT2D eigenvalue weighted by Crippen LogP contribution is -2.13. The Labute approximate surface area is 205 Å². The highest BCUT2D eigenvalue weighted by molar-refractivity contribution is 6.00. The maximum Gasteiger partial charge on any atom is 0.227 e. The number of hydrogen-bond donors (Lipinski definition) is 3. The van der Waals surface area contributed by atoms with Gasteiger partial charge in [0.1, 0.15) is 5.69 Å². The number of hydrogen-bond acceptors (Lipinski definition) is 6. The lowest BCUT2D eigenvalue weighted by Gasteiger charge is -2.06. The van der Waals surface area contributed by atoms with Gasteiger partial charge in [-0.1, -0.05) is 6.07 Å². The number of amides is 1. The van der Waals surface area contributed by atoms with Gasteiger partial charge in [-0.2, -0.15) is 5.10 Å². The molecule has 1 aliphatic rings. The third-order valence-corrected chi connectivity index (χ3v) is 6.41. The first-order valence-corrected chi connectivity index (χ1v) is 11.7. The summed E-state index contributed by atoms with van der Waals surface area (Å²) < 4.78 is 0. The van der Waals surface area contributed by atoms with Crippen LogP contribution in [0.3, 0.4) is 0 Å². The van der Waals surface area contributed by atoms with Gasteiger partial charge in [0.2, 0.25) is 5.91 Å². The normalized spacial score (nSPS) is 13.3. The number of aromatic nitrogens is 7. The second kappa shape index (κ2) is 8.09. The Morgan fingerprint density at radius 3 is 2.64 bits per heavy atom. The summed E-state index contributed by atoms with van der Waals surface area (Å²) in [6.07, 6.45) is 10.6. The van der Waals surface area contributed by atoms with Crippen molar-refractivity contribution in [3.05, 3.63) is 73.4 Å². The molecule has 6 aromatic rings. The molecule has 6 aromatic heterocycles. The van der Waals surface area contributed by atoms with E-state index < -0.39 is 0 Å². The smallest absolute Gasteiger partial charge is 0.227 e. The van der Waals surface area contributed by atoms with Crippen LogP contribution in [0.1, 0.15) is 12.8 Å². The Hall–Kier alpha value is -4.92. The molecule has 6 heterocycles. The van der Waals surface area contributed by atoms with Gasteiger partial charge in [0, 0.05) is 46.4 Å². The third kappa shape index (κ3) is 3.58. The molecule has 1 saturated carbocycles. The topological polar surface area (TPSA) is 125 Å². The summed E-state index contributed by atoms with van der Waals surface area (Å²) >= 11 is 0. The van der Waals surface area contributed by atoms with Crippen LogP contribution in [0.2, 0.25) is 0 Å². The molecule has 1 aliphatic carbocycles. The van der Waals surface area contributed by atoms with Crippen molar-refractivity contribution >= 4 is 33.4 Å². The standard InChI is InChI=1S/C27H20N8O/c36-27(15-4-5-15)32-17-9-16(12-28-13-17)22-10-19-24(14-31-22)34-35-26(19)23-11-18-20(33-23)6-8-30-25(18)21-3-1-2-7-29-21/h1-3,6-15,33H,4-5H2,(H,32,36)(H,34,35). The first-order chi connectivity index (χ1) is 17.7. The number of pyridine rings is 4. The molecule has 0 aromatic carbocycles. The fourth-order valence-corrected chi connectivity index (χ4v) is 4.41. The molecule has 0 aliphatic heterocycles. The summed E-state index contributed by atoms with van der Waals surface area (Å²) in [5, 5.41) is 12.5. The monoisotopic (exact) mass is 472 g/mol. The Balaban J connectivity index is 1.28. The van der Waals surface area contributed by atoms with Crippen LogP contribution in [0.15, 0.2) is 73.4 Å². The number of nitrogens with zero attached hydrogens (tertiary/aromatic N) is 5. The van der Waals surface area contributed by atoms with E-state index in [9.17, 15) is 4.79 Å². The predicted octanol–water partition coefficient (Wildman–Crippen LogP) is 4.97. The van der Waals surface area contributed by atoms with Gasteiger partial charge in [-0.3, -0.25) is 29.8 Å². The van der Waals surface area contributed by atoms with E-state index in [0.29, 0.717) is 5.69 Å². The summed E-state index contributed by atoms with van der Waals surface area (Å²) in [6, 6.07) is 13.7. The second-order valence-electron chi connectivity index (χ2n) is 8.93. The molecule has 36 heavy (non-hydrogen) atoms. The van der Waals surface area contributed by atoms with Crippen LogP contribution >= 0.6 is 0 Å². The Morgan fingerprint density at radius 2 is 1.78 bits per heavy atom. The van der Waals surface area contributed by atoms with Gasteiger partial charge in [0.05, 0.1) is 46.4 Å². The van der Waals surface area contributed by atoms with E-state index in [-0.39, 0.29) is 11.8 Å². The maximum absolute atomic E-state index is 12.2. The van der Waals surface area contributed by atoms with Crippen molar-refractivity contribution < 1.29 is 4.79 Å². The van der Waals surface area contributed by atoms with Crippen molar-refractivity contribution in [3.8, 4) is 34.0 Å². The van der Waals surface area contributed by atoms with Crippen LogP contribution in [0.25, 0.3) is 55.8 Å². The summed E-state index contributed by atoms with van der Waals surface area (Å²) in [4.78, 5) is 33.6. The van der Waals surface area contributed by atoms with E-state index >= 15 is 0 Å². The van der Waals surface area contributed by atoms with E-state index in [4.69, 9.17) is 0 Å². The molecular weight excluding hydrogens is 452 g/mol. The van der Waals surface area contributed by atoms with Crippen molar-refractivity contribution in [1.82, 2.24) is 35.1 Å². The molecule has 0 unspecified atom stereocenters. The highest BCUT2D eigenvalue weighted by atomic mass is 16.2. The molecule has 9 nitrogen and oxygen atoms in total. The zero-order valence-electron chi connectivity index (χ0n) is 19.1. The number of nitrogens with one attached hydrogen (secondary N) is 3. The molecule has 7 rings (SSSR count). The number of anilines is 1. The minimum absolute atomic E-state index is 0.0489. The molecule has 0 bridgehead atoms. The molecule has 1 amide bonds. The van der Waals surface area contributed by atoms with Gasteiger partial charge in [-0.15, -0.1) is 0 Å². The molecule has 3 N–H and O–H groups in total. The quantitative estimate of drug-likeness (QED) is 0.325. The van der Waals surface area contributed by atoms with Crippen LogP contribution in [-0.4, -0.2) is 41.0 Å². The molecule has 174 valence electrons. The zero-order valence-corrected chi connectivity index (χ0v) is 19.1. The average molecular weight is 473 g/mol. The first kappa shape index (κ1) is 20.5. The minimum atomic E-state index is 0.0489. The van der Waals surface area contributed by atoms with Crippen LogP contribution in [0.5, 0.6) is 0 Å². The van der Waals surface area contributed by atoms with Crippen LogP contribution in [-0.2, 0) is 4.79 Å². The summed E-state index contributed by atoms with van der Waals surface area (Å²) in [5.41, 5.74) is 7.27. The van der Waals surface area contributed by atoms with Crippen LogP contribution in [0.4, 0.5) is 5.69 Å². The zero-order chi connectivity index (χ0) is 24.1. The van der Waals surface area contributed by atoms with Gasteiger partial charge in [0.25, 0.3) is 0 Å². The lowest BCUT2D eigenvalue weighted by molar-refractivity contribution is -0.117. The van der Waals surface area contributed by atoms with Gasteiger partial charge in [-0.25, -0.2) is 0 Å². The van der Waals surface area contributed by atoms with E-state index in [1.807, 2.05) is 36.4 Å². The highest BCUT2D eigenvalue weighted by Gasteiger charge is 2.29. The average Bonchev–Trinajstić information content (AvgIpc) is 3.55. The van der Waals surface area contributed by atoms with Crippen molar-refractivity contribution in [3.63, 3.8) is 0 Å². The number of rotatable bonds is 5. The SMILES string of the molecule is O=C(Nc1cncc(-c2cc3c(-c4cc5c(-c6ccccn6)nccc5[nH]4)n[nH]c3cn2)c1)C1CC1. The number of carbonyl (C=O) groups is 1. The molecule has 0 atom stereocenters. The number of H-pyrrole nitrogens is 2. The van der Waals surface area contributed by atoms with Crippen molar-refractivity contribution in [2.75, 3.05) is 5.32 Å². The van der Waals surface area contributed by atoms with E-state index in [1.165, 1.54) is 0 Å².